The Labute approximate surface area is 176 Å². The van der Waals surface area contributed by atoms with Crippen molar-refractivity contribution < 1.29 is 21.9 Å². The number of hydrogen-bond acceptors (Lipinski definition) is 10. The van der Waals surface area contributed by atoms with Gasteiger partial charge in [0, 0.05) is 52.0 Å². The van der Waals surface area contributed by atoms with Crippen molar-refractivity contribution in [1.29, 1.82) is 0 Å². The van der Waals surface area contributed by atoms with Crippen molar-refractivity contribution >= 4 is 22.8 Å². The molecule has 1 unspecified atom stereocenters. The molecule has 0 aliphatic heterocycles. The van der Waals surface area contributed by atoms with Crippen molar-refractivity contribution in [3.8, 4) is 0 Å². The first kappa shape index (κ1) is 33.1. The molecule has 0 spiro atoms. The molecule has 0 bridgehead atoms. The summed E-state index contributed by atoms with van der Waals surface area (Å²) in [5.41, 5.74) is 0.556. The van der Waals surface area contributed by atoms with Crippen LogP contribution in [0.4, 0.5) is 0 Å². The van der Waals surface area contributed by atoms with E-state index in [1.165, 1.54) is 27.7 Å². The monoisotopic (exact) mass is 439 g/mol. The Kier molecular flexibility index (Phi) is 29.0. The van der Waals surface area contributed by atoms with E-state index in [-0.39, 0.29) is 45.7 Å². The van der Waals surface area contributed by atoms with Gasteiger partial charge in [-0.3, -0.25) is 4.98 Å². The summed E-state index contributed by atoms with van der Waals surface area (Å²) in [5, 5.41) is 56.7. The predicted octanol–water partition coefficient (Wildman–Crippen LogP) is 3.48. The first-order valence-electron chi connectivity index (χ1n) is 7.72. The van der Waals surface area contributed by atoms with Crippen LogP contribution < -0.4 is 0 Å². The molecule has 0 aliphatic carbocycles. The zero-order valence-corrected chi connectivity index (χ0v) is 17.7. The second kappa shape index (κ2) is 24.5. The van der Waals surface area contributed by atoms with Gasteiger partial charge in [-0.05, 0) is 39.8 Å². The van der Waals surface area contributed by atoms with Crippen LogP contribution in [0.15, 0.2) is 51.2 Å². The number of nitrogens with zero attached hydrogens (tertiary/aromatic N) is 5. The fraction of sp³-hybridized carbons (Fsp3) is 0.412. The van der Waals surface area contributed by atoms with E-state index in [4.69, 9.17) is 5.11 Å². The van der Waals surface area contributed by atoms with Crippen molar-refractivity contribution in [2.45, 2.75) is 47.6 Å². The molecule has 0 saturated heterocycles. The molecule has 1 aromatic rings. The van der Waals surface area contributed by atoms with Gasteiger partial charge < -0.3 is 53.0 Å². The van der Waals surface area contributed by atoms with Gasteiger partial charge in [-0.15, -0.1) is 0 Å². The quantitative estimate of drug-likeness (QED) is 0.428. The third-order valence-corrected chi connectivity index (χ3v) is 2.64. The fourth-order valence-corrected chi connectivity index (χ4v) is 0.577. The zero-order chi connectivity index (χ0) is 21.7. The van der Waals surface area contributed by atoms with Gasteiger partial charge in [0.25, 0.3) is 0 Å². The Morgan fingerprint density at radius 3 is 1.11 bits per heavy atom. The smallest absolute Gasteiger partial charge is 0.0465 e. The summed E-state index contributed by atoms with van der Waals surface area (Å²) in [7, 11) is 0. The molecule has 10 nitrogen and oxygen atoms in total. The van der Waals surface area contributed by atoms with Crippen LogP contribution in [-0.2, 0) is 16.8 Å². The van der Waals surface area contributed by atoms with Gasteiger partial charge in [-0.2, -0.15) is 6.92 Å². The van der Waals surface area contributed by atoms with Crippen LogP contribution in [0.3, 0.4) is 0 Å². The van der Waals surface area contributed by atoms with E-state index in [2.05, 4.69) is 25.6 Å². The van der Waals surface area contributed by atoms with Crippen molar-refractivity contribution in [2.24, 2.45) is 20.6 Å². The van der Waals surface area contributed by atoms with Gasteiger partial charge in [-0.1, -0.05) is 19.1 Å². The van der Waals surface area contributed by atoms with Crippen LogP contribution in [0.25, 0.3) is 0 Å². The molecule has 0 saturated carbocycles. The Balaban J connectivity index is -0.000000138. The van der Waals surface area contributed by atoms with Crippen LogP contribution in [0.2, 0.25) is 0 Å². The SMILES string of the molecule is CC(=N[O-])C(C)=N[O-].CC(=N[O-])C(C)=N[O-].C[CH-]C(C)O.[Co].c1ccncc1. The third kappa shape index (κ3) is 25.7. The maximum atomic E-state index is 9.60. The first-order valence-corrected chi connectivity index (χ1v) is 7.72. The van der Waals surface area contributed by atoms with Crippen molar-refractivity contribution in [3.63, 3.8) is 0 Å². The maximum absolute atomic E-state index is 9.60. The minimum Gasteiger partial charge on any atom is -0.792 e. The summed E-state index contributed by atoms with van der Waals surface area (Å²) >= 11 is 0. The molecule has 11 heteroatoms. The molecule has 1 atom stereocenters. The molecule has 1 rings (SSSR count). The predicted molar refractivity (Wildman–Crippen MR) is 112 cm³/mol. The van der Waals surface area contributed by atoms with Gasteiger partial charge >= 0.3 is 0 Å². The molecule has 0 fully saturated rings. The van der Waals surface area contributed by atoms with Crippen LogP contribution in [0.5, 0.6) is 0 Å². The van der Waals surface area contributed by atoms with Crippen molar-refractivity contribution in [1.82, 2.24) is 4.98 Å². The van der Waals surface area contributed by atoms with Crippen molar-refractivity contribution in [2.75, 3.05) is 0 Å². The van der Waals surface area contributed by atoms with E-state index in [0.29, 0.717) is 0 Å². The van der Waals surface area contributed by atoms with E-state index in [0.717, 1.165) is 0 Å². The van der Waals surface area contributed by atoms with Crippen LogP contribution >= 0.6 is 0 Å². The summed E-state index contributed by atoms with van der Waals surface area (Å²) in [6.07, 6.45) is 4.98. The Hall–Kier alpha value is -2.50. The molecule has 0 aliphatic rings. The maximum Gasteiger partial charge on any atom is 0.0465 e. The van der Waals surface area contributed by atoms with Crippen molar-refractivity contribution in [3.05, 3.63) is 57.8 Å². The standard InChI is InChI=1S/C5H5N.2C4H8N2O2.C4H9O.Co/c1-2-4-6-5-3-1;2*1-3(5-7)4(2)6-8;1-3-4(2)5;/h1-5H;2*7-8H,1-2H3;3-5H,1-2H3;/q;;;-1;/p-4. The molecule has 1 heterocycles. The zero-order valence-electron chi connectivity index (χ0n) is 16.7. The third-order valence-electron chi connectivity index (χ3n) is 2.64. The minimum atomic E-state index is -0.241. The Morgan fingerprint density at radius 2 is 1.04 bits per heavy atom. The van der Waals surface area contributed by atoms with Gasteiger partial charge in [-0.25, -0.2) is 0 Å². The minimum absolute atomic E-state index is 0. The molecule has 28 heavy (non-hydrogen) atoms. The summed E-state index contributed by atoms with van der Waals surface area (Å²) in [5.74, 6) is 0. The normalized spacial score (nSPS) is 12.5. The average Bonchev–Trinajstić information content (AvgIpc) is 2.73. The van der Waals surface area contributed by atoms with Crippen LogP contribution in [-0.4, -0.2) is 39.0 Å². The fourth-order valence-electron chi connectivity index (χ4n) is 0.577. The van der Waals surface area contributed by atoms with Gasteiger partial charge in [0.05, 0.1) is 0 Å². The average molecular weight is 439 g/mol. The van der Waals surface area contributed by atoms with Gasteiger partial charge in [0.15, 0.2) is 0 Å². The second-order valence-corrected chi connectivity index (χ2v) is 4.81. The van der Waals surface area contributed by atoms with E-state index < -0.39 is 0 Å². The molecule has 0 amide bonds. The molecule has 1 aromatic heterocycles. The van der Waals surface area contributed by atoms with E-state index in [1.807, 2.05) is 25.1 Å². The van der Waals surface area contributed by atoms with E-state index >= 15 is 0 Å². The summed E-state index contributed by atoms with van der Waals surface area (Å²) in [4.78, 5) is 3.78. The summed E-state index contributed by atoms with van der Waals surface area (Å²) < 4.78 is 0. The molecular weight excluding hydrogens is 413 g/mol. The first-order chi connectivity index (χ1) is 12.7. The van der Waals surface area contributed by atoms with E-state index in [1.54, 1.807) is 25.7 Å². The number of aliphatic hydroxyl groups excluding tert-OH is 1. The number of rotatable bonds is 3. The molecular formula is C17H26CoN5O5-5. The van der Waals surface area contributed by atoms with E-state index in [9.17, 15) is 20.8 Å². The number of pyridine rings is 1. The molecule has 0 aromatic carbocycles. The summed E-state index contributed by atoms with van der Waals surface area (Å²) in [6, 6.07) is 5.72. The second-order valence-electron chi connectivity index (χ2n) is 4.81. The number of hydrogen-bond donors (Lipinski definition) is 1. The van der Waals surface area contributed by atoms with Gasteiger partial charge in [0.1, 0.15) is 0 Å². The van der Waals surface area contributed by atoms with Gasteiger partial charge in [0.2, 0.25) is 0 Å². The van der Waals surface area contributed by atoms with Crippen LogP contribution in [0, 0.1) is 27.2 Å². The Bertz CT molecular complexity index is 488. The largest absolute Gasteiger partial charge is 0.792 e. The topological polar surface area (TPSA) is 175 Å². The molecule has 1 radical (unpaired) electrons. The molecule has 163 valence electrons. The molecule has 1 N–H and O–H groups in total. The van der Waals surface area contributed by atoms with Crippen LogP contribution in [0.1, 0.15) is 41.5 Å². The number of aromatic nitrogens is 1. The summed E-state index contributed by atoms with van der Waals surface area (Å²) in [6.45, 7) is 9.28. The Morgan fingerprint density at radius 1 is 0.786 bits per heavy atom. The number of aliphatic hydroxyl groups is 1.